The van der Waals surface area contributed by atoms with Crippen molar-refractivity contribution in [3.05, 3.63) is 63.4 Å². The zero-order chi connectivity index (χ0) is 16.1. The number of benzene rings is 1. The molecule has 1 unspecified atom stereocenters. The Labute approximate surface area is 163 Å². The van der Waals surface area contributed by atoms with E-state index in [1.54, 1.807) is 18.3 Å². The van der Waals surface area contributed by atoms with E-state index in [1.165, 1.54) is 0 Å². The molecule has 0 saturated carbocycles. The van der Waals surface area contributed by atoms with Crippen LogP contribution >= 0.6 is 47.2 Å². The Kier molecular flexibility index (Phi) is 8.08. The summed E-state index contributed by atoms with van der Waals surface area (Å²) in [4.78, 5) is 8.60. The molecule has 1 atom stereocenters. The van der Waals surface area contributed by atoms with Crippen molar-refractivity contribution in [1.29, 1.82) is 0 Å². The molecule has 2 aromatic rings. The van der Waals surface area contributed by atoms with Crippen LogP contribution in [0.2, 0.25) is 10.0 Å². The van der Waals surface area contributed by atoms with E-state index in [9.17, 15) is 0 Å². The lowest BCUT2D eigenvalue weighted by atomic mass is 10.1. The molecular weight excluding hydrogens is 446 g/mol. The molecule has 0 bridgehead atoms. The maximum atomic E-state index is 6.19. The molecule has 7 heteroatoms. The van der Waals surface area contributed by atoms with Gasteiger partial charge in [0.2, 0.25) is 0 Å². The number of rotatable bonds is 4. The van der Waals surface area contributed by atoms with Gasteiger partial charge in [0.05, 0.1) is 18.3 Å². The van der Waals surface area contributed by atoms with Crippen LogP contribution < -0.4 is 11.1 Å². The first kappa shape index (κ1) is 20.0. The summed E-state index contributed by atoms with van der Waals surface area (Å²) >= 11 is 12.1. The topological polar surface area (TPSA) is 63.3 Å². The monoisotopic (exact) mass is 464 g/mol. The van der Waals surface area contributed by atoms with Gasteiger partial charge in [-0.3, -0.25) is 4.98 Å². The smallest absolute Gasteiger partial charge is 0.189 e. The van der Waals surface area contributed by atoms with Crippen molar-refractivity contribution < 1.29 is 0 Å². The van der Waals surface area contributed by atoms with E-state index in [-0.39, 0.29) is 30.0 Å². The summed E-state index contributed by atoms with van der Waals surface area (Å²) in [6, 6.07) is 9.20. The molecule has 0 fully saturated rings. The van der Waals surface area contributed by atoms with Gasteiger partial charge in [-0.05, 0) is 43.2 Å². The number of aliphatic imine (C=N–C) groups is 1. The SMILES string of the molecule is Cc1cccnc1CN=C(N)NC(C)c1ccc(Cl)cc1Cl.I. The standard InChI is InChI=1S/C16H18Cl2N4.HI/c1-10-4-3-7-20-15(10)9-21-16(19)22-11(2)13-6-5-12(17)8-14(13)18;/h3-8,11H,9H2,1-2H3,(H3,19,21,22);1H. The van der Waals surface area contributed by atoms with E-state index >= 15 is 0 Å². The van der Waals surface area contributed by atoms with Gasteiger partial charge in [0.25, 0.3) is 0 Å². The number of aryl methyl sites for hydroxylation is 1. The van der Waals surface area contributed by atoms with Gasteiger partial charge in [0, 0.05) is 16.2 Å². The molecule has 23 heavy (non-hydrogen) atoms. The maximum absolute atomic E-state index is 6.19. The summed E-state index contributed by atoms with van der Waals surface area (Å²) in [6.07, 6.45) is 1.75. The highest BCUT2D eigenvalue weighted by molar-refractivity contribution is 14.0. The minimum Gasteiger partial charge on any atom is -0.370 e. The minimum atomic E-state index is -0.0710. The van der Waals surface area contributed by atoms with Crippen LogP contribution in [0.5, 0.6) is 0 Å². The molecule has 0 aliphatic carbocycles. The zero-order valence-electron chi connectivity index (χ0n) is 12.9. The molecule has 3 N–H and O–H groups in total. The largest absolute Gasteiger partial charge is 0.370 e. The third-order valence-corrected chi connectivity index (χ3v) is 3.87. The van der Waals surface area contributed by atoms with Crippen molar-refractivity contribution >= 4 is 53.1 Å². The number of aromatic nitrogens is 1. The molecule has 0 aliphatic heterocycles. The summed E-state index contributed by atoms with van der Waals surface area (Å²) in [6.45, 7) is 4.40. The molecular formula is C16H19Cl2IN4. The van der Waals surface area contributed by atoms with Crippen LogP contribution in [0.25, 0.3) is 0 Å². The van der Waals surface area contributed by atoms with Gasteiger partial charge < -0.3 is 11.1 Å². The average Bonchev–Trinajstić information content (AvgIpc) is 2.46. The second kappa shape index (κ2) is 9.30. The van der Waals surface area contributed by atoms with Gasteiger partial charge in [-0.1, -0.05) is 35.3 Å². The molecule has 4 nitrogen and oxygen atoms in total. The van der Waals surface area contributed by atoms with E-state index in [0.29, 0.717) is 22.5 Å². The molecule has 0 spiro atoms. The summed E-state index contributed by atoms with van der Waals surface area (Å²) in [7, 11) is 0. The molecule has 0 aliphatic rings. The fraction of sp³-hybridized carbons (Fsp3) is 0.250. The molecule has 0 saturated heterocycles. The van der Waals surface area contributed by atoms with Crippen LogP contribution in [0.3, 0.4) is 0 Å². The quantitative estimate of drug-likeness (QED) is 0.398. The predicted octanol–water partition coefficient (Wildman–Crippen LogP) is 4.48. The van der Waals surface area contributed by atoms with Gasteiger partial charge >= 0.3 is 0 Å². The Morgan fingerprint density at radius 2 is 2.09 bits per heavy atom. The van der Waals surface area contributed by atoms with Crippen molar-refractivity contribution in [2.45, 2.75) is 26.4 Å². The van der Waals surface area contributed by atoms with E-state index in [2.05, 4.69) is 15.3 Å². The van der Waals surface area contributed by atoms with Gasteiger partial charge in [-0.2, -0.15) is 0 Å². The lowest BCUT2D eigenvalue weighted by Crippen LogP contribution is -2.34. The van der Waals surface area contributed by atoms with Crippen molar-refractivity contribution in [3.8, 4) is 0 Å². The molecule has 1 heterocycles. The highest BCUT2D eigenvalue weighted by Crippen LogP contribution is 2.25. The van der Waals surface area contributed by atoms with Gasteiger partial charge in [0.15, 0.2) is 5.96 Å². The number of nitrogens with two attached hydrogens (primary N) is 1. The Balaban J connectivity index is 0.00000264. The maximum Gasteiger partial charge on any atom is 0.189 e. The molecule has 0 radical (unpaired) electrons. The third kappa shape index (κ3) is 5.82. The van der Waals surface area contributed by atoms with Crippen LogP contribution in [0.4, 0.5) is 0 Å². The Bertz CT molecular complexity index is 692. The summed E-state index contributed by atoms with van der Waals surface area (Å²) in [5, 5.41) is 4.32. The fourth-order valence-corrected chi connectivity index (χ4v) is 2.61. The Morgan fingerprint density at radius 3 is 2.74 bits per heavy atom. The zero-order valence-corrected chi connectivity index (χ0v) is 16.7. The second-order valence-corrected chi connectivity index (χ2v) is 5.84. The van der Waals surface area contributed by atoms with E-state index in [4.69, 9.17) is 28.9 Å². The lowest BCUT2D eigenvalue weighted by molar-refractivity contribution is 0.707. The Morgan fingerprint density at radius 1 is 1.35 bits per heavy atom. The number of halogens is 3. The summed E-state index contributed by atoms with van der Waals surface area (Å²) < 4.78 is 0. The van der Waals surface area contributed by atoms with Crippen LogP contribution in [-0.4, -0.2) is 10.9 Å². The van der Waals surface area contributed by atoms with Crippen molar-refractivity contribution in [2.75, 3.05) is 0 Å². The molecule has 2 rings (SSSR count). The first-order valence-electron chi connectivity index (χ1n) is 6.89. The normalized spacial score (nSPS) is 12.4. The molecule has 1 aromatic carbocycles. The van der Waals surface area contributed by atoms with Crippen LogP contribution in [0, 0.1) is 6.92 Å². The van der Waals surface area contributed by atoms with Gasteiger partial charge in [0.1, 0.15) is 0 Å². The summed E-state index contributed by atoms with van der Waals surface area (Å²) in [5.74, 6) is 0.351. The van der Waals surface area contributed by atoms with E-state index in [0.717, 1.165) is 16.8 Å². The fourth-order valence-electron chi connectivity index (χ4n) is 2.04. The van der Waals surface area contributed by atoms with Crippen molar-refractivity contribution in [3.63, 3.8) is 0 Å². The highest BCUT2D eigenvalue weighted by Gasteiger charge is 2.10. The number of hydrogen-bond donors (Lipinski definition) is 2. The van der Waals surface area contributed by atoms with Crippen molar-refractivity contribution in [1.82, 2.24) is 10.3 Å². The summed E-state index contributed by atoms with van der Waals surface area (Å²) in [5.41, 5.74) is 8.84. The average molecular weight is 465 g/mol. The van der Waals surface area contributed by atoms with E-state index in [1.807, 2.05) is 32.0 Å². The number of nitrogens with zero attached hydrogens (tertiary/aromatic N) is 2. The minimum absolute atomic E-state index is 0. The Hall–Kier alpha value is -1.05. The van der Waals surface area contributed by atoms with Crippen LogP contribution in [0.15, 0.2) is 41.5 Å². The second-order valence-electron chi connectivity index (χ2n) is 5.00. The van der Waals surface area contributed by atoms with Crippen LogP contribution in [0.1, 0.15) is 29.8 Å². The number of pyridine rings is 1. The number of hydrogen-bond acceptors (Lipinski definition) is 2. The third-order valence-electron chi connectivity index (χ3n) is 3.31. The predicted molar refractivity (Wildman–Crippen MR) is 108 cm³/mol. The van der Waals surface area contributed by atoms with Gasteiger partial charge in [-0.15, -0.1) is 24.0 Å². The number of guanidine groups is 1. The van der Waals surface area contributed by atoms with Gasteiger partial charge in [-0.25, -0.2) is 4.99 Å². The number of nitrogens with one attached hydrogen (secondary N) is 1. The lowest BCUT2D eigenvalue weighted by Gasteiger charge is -2.16. The first-order chi connectivity index (χ1) is 10.5. The molecule has 0 amide bonds. The van der Waals surface area contributed by atoms with Crippen molar-refractivity contribution in [2.24, 2.45) is 10.7 Å². The molecule has 124 valence electrons. The first-order valence-corrected chi connectivity index (χ1v) is 7.65. The molecule has 1 aromatic heterocycles. The van der Waals surface area contributed by atoms with Crippen LogP contribution in [-0.2, 0) is 6.54 Å². The van der Waals surface area contributed by atoms with E-state index < -0.39 is 0 Å². The highest BCUT2D eigenvalue weighted by atomic mass is 127.